The number of rotatable bonds is 20. The topological polar surface area (TPSA) is 182 Å². The summed E-state index contributed by atoms with van der Waals surface area (Å²) in [6, 6.07) is 22.2. The number of unbranched alkanes of at least 4 members (excludes halogenated alkanes) is 1. The number of ether oxygens (including phenoxy) is 6. The number of para-hydroxylation sites is 2. The zero-order chi connectivity index (χ0) is 40.9. The Kier molecular flexibility index (Phi) is 16.8. The Hall–Kier alpha value is -3.15. The normalized spacial score (nSPS) is 28.6. The van der Waals surface area contributed by atoms with E-state index in [4.69, 9.17) is 28.4 Å². The Morgan fingerprint density at radius 2 is 1.16 bits per heavy atom. The number of aromatic hydroxyl groups is 2. The van der Waals surface area contributed by atoms with Gasteiger partial charge in [0.25, 0.3) is 0 Å². The number of sulfonamides is 1. The van der Waals surface area contributed by atoms with Gasteiger partial charge in [-0.05, 0) is 102 Å². The van der Waals surface area contributed by atoms with Crippen molar-refractivity contribution >= 4 is 10.0 Å². The molecule has 13 nitrogen and oxygen atoms in total. The maximum absolute atomic E-state index is 12.9. The first-order valence-corrected chi connectivity index (χ1v) is 22.4. The average molecular weight is 828 g/mol. The van der Waals surface area contributed by atoms with E-state index in [1.807, 2.05) is 25.1 Å². The van der Waals surface area contributed by atoms with Crippen LogP contribution < -0.4 is 4.72 Å². The molecular weight excluding hydrogens is 767 g/mol. The number of hydrogen-bond acceptors (Lipinski definition) is 12. The predicted molar refractivity (Wildman–Crippen MR) is 215 cm³/mol. The van der Waals surface area contributed by atoms with Crippen LogP contribution in [0.1, 0.15) is 114 Å². The second kappa shape index (κ2) is 21.9. The summed E-state index contributed by atoms with van der Waals surface area (Å²) in [7, 11) is -3.74. The van der Waals surface area contributed by atoms with Gasteiger partial charge in [0.05, 0.1) is 54.2 Å². The van der Waals surface area contributed by atoms with Crippen LogP contribution >= 0.6 is 0 Å². The van der Waals surface area contributed by atoms with E-state index in [1.165, 1.54) is 12.1 Å². The van der Waals surface area contributed by atoms with E-state index in [-0.39, 0.29) is 66.2 Å². The summed E-state index contributed by atoms with van der Waals surface area (Å²) in [5.74, 6) is 0.232. The molecule has 0 amide bonds. The Labute approximate surface area is 342 Å². The van der Waals surface area contributed by atoms with Crippen LogP contribution in [0.3, 0.4) is 0 Å². The zero-order valence-electron chi connectivity index (χ0n) is 33.3. The molecule has 5 N–H and O–H groups in total. The summed E-state index contributed by atoms with van der Waals surface area (Å²) in [5.41, 5.74) is 1.16. The Bertz CT molecular complexity index is 1780. The molecule has 3 aromatic carbocycles. The van der Waals surface area contributed by atoms with E-state index >= 15 is 0 Å². The summed E-state index contributed by atoms with van der Waals surface area (Å²) in [4.78, 5) is 0.168. The molecule has 6 rings (SSSR count). The first-order chi connectivity index (χ1) is 28.1. The molecule has 3 saturated heterocycles. The first-order valence-electron chi connectivity index (χ1n) is 20.9. The van der Waals surface area contributed by atoms with Crippen molar-refractivity contribution < 1.29 is 57.3 Å². The average Bonchev–Trinajstić information content (AvgIpc) is 3.20. The van der Waals surface area contributed by atoms with Crippen molar-refractivity contribution in [3.63, 3.8) is 0 Å². The highest BCUT2D eigenvalue weighted by molar-refractivity contribution is 7.89. The Balaban J connectivity index is 1.00. The molecule has 58 heavy (non-hydrogen) atoms. The van der Waals surface area contributed by atoms with Gasteiger partial charge < -0.3 is 48.8 Å². The van der Waals surface area contributed by atoms with Gasteiger partial charge in [-0.25, -0.2) is 13.1 Å². The van der Waals surface area contributed by atoms with Crippen molar-refractivity contribution in [2.45, 2.75) is 157 Å². The van der Waals surface area contributed by atoms with Gasteiger partial charge in [-0.3, -0.25) is 0 Å². The third-order valence-electron chi connectivity index (χ3n) is 11.1. The Morgan fingerprint density at radius 3 is 1.79 bits per heavy atom. The number of nitrogens with one attached hydrogen (secondary N) is 1. The number of benzene rings is 3. The molecule has 3 fully saturated rings. The van der Waals surface area contributed by atoms with E-state index in [0.29, 0.717) is 56.1 Å². The van der Waals surface area contributed by atoms with Crippen molar-refractivity contribution in [1.82, 2.24) is 4.72 Å². The van der Waals surface area contributed by atoms with E-state index in [1.54, 1.807) is 48.5 Å². The molecule has 10 atom stereocenters. The third kappa shape index (κ3) is 13.2. The van der Waals surface area contributed by atoms with E-state index in [0.717, 1.165) is 38.5 Å². The van der Waals surface area contributed by atoms with Crippen molar-refractivity contribution in [1.29, 1.82) is 0 Å². The maximum atomic E-state index is 12.9. The van der Waals surface area contributed by atoms with Gasteiger partial charge in [0.15, 0.2) is 18.9 Å². The summed E-state index contributed by atoms with van der Waals surface area (Å²) in [6.07, 6.45) is 5.03. The van der Waals surface area contributed by atoms with Crippen LogP contribution in [0.15, 0.2) is 83.8 Å². The number of phenols is 2. The summed E-state index contributed by atoms with van der Waals surface area (Å²) < 4.78 is 65.8. The molecule has 0 spiro atoms. The standard InChI is InChI=1S/C44H61NO12S/c1-30-25-32(55-43(52-30)38-20-5-7-22-40(38)48)16-12-17-35-28-36(57-44(56-35)39-21-6-8-23-41(39)49)26-31(47)13-11-15-34-27-33(14-9-10-24-46)53-42(54-34)29-45-58(50,51)37-18-3-2-4-19-37/h2-8,18-23,30-36,42-49H,9-17,24-29H2,1H3. The quantitative estimate of drug-likeness (QED) is 0.0745. The van der Waals surface area contributed by atoms with Gasteiger partial charge in [0.2, 0.25) is 10.0 Å². The lowest BCUT2D eigenvalue weighted by Crippen LogP contribution is -2.44. The largest absolute Gasteiger partial charge is 0.507 e. The minimum Gasteiger partial charge on any atom is -0.507 e. The number of aliphatic hydroxyl groups excluding tert-OH is 2. The molecule has 0 bridgehead atoms. The summed E-state index contributed by atoms with van der Waals surface area (Å²) in [6.45, 7) is 2.08. The number of hydrogen-bond donors (Lipinski definition) is 5. The zero-order valence-corrected chi connectivity index (χ0v) is 34.2. The van der Waals surface area contributed by atoms with Gasteiger partial charge in [-0.2, -0.15) is 0 Å². The van der Waals surface area contributed by atoms with Crippen molar-refractivity contribution in [3.05, 3.63) is 90.0 Å². The van der Waals surface area contributed by atoms with E-state index < -0.39 is 35.0 Å². The second-order valence-corrected chi connectivity index (χ2v) is 17.6. The number of phenolic OH excluding ortho intramolecular Hbond substituents is 2. The van der Waals surface area contributed by atoms with Crippen molar-refractivity contribution in [3.8, 4) is 11.5 Å². The van der Waals surface area contributed by atoms with Gasteiger partial charge >= 0.3 is 0 Å². The van der Waals surface area contributed by atoms with Crippen LogP contribution in [0, 0.1) is 0 Å². The molecule has 10 unspecified atom stereocenters. The van der Waals surface area contributed by atoms with Crippen LogP contribution in [0.4, 0.5) is 0 Å². The predicted octanol–water partition coefficient (Wildman–Crippen LogP) is 6.90. The highest BCUT2D eigenvalue weighted by Gasteiger charge is 2.35. The fourth-order valence-corrected chi connectivity index (χ4v) is 9.17. The van der Waals surface area contributed by atoms with E-state index in [9.17, 15) is 28.8 Å². The van der Waals surface area contributed by atoms with Crippen molar-refractivity contribution in [2.75, 3.05) is 13.2 Å². The fourth-order valence-electron chi connectivity index (χ4n) is 8.13. The highest BCUT2D eigenvalue weighted by atomic mass is 32.2. The minimum absolute atomic E-state index is 0.0301. The lowest BCUT2D eigenvalue weighted by atomic mass is 9.95. The first kappa shape index (κ1) is 44.4. The molecule has 0 saturated carbocycles. The fraction of sp³-hybridized carbons (Fsp3) is 0.591. The van der Waals surface area contributed by atoms with Crippen LogP contribution in [0.25, 0.3) is 0 Å². The molecule has 0 radical (unpaired) electrons. The maximum Gasteiger partial charge on any atom is 0.240 e. The second-order valence-electron chi connectivity index (χ2n) is 15.8. The molecule has 3 aromatic rings. The van der Waals surface area contributed by atoms with Gasteiger partial charge in [-0.15, -0.1) is 0 Å². The van der Waals surface area contributed by atoms with Gasteiger partial charge in [0, 0.05) is 30.6 Å². The van der Waals surface area contributed by atoms with Crippen LogP contribution in [-0.4, -0.2) is 91.0 Å². The van der Waals surface area contributed by atoms with Crippen LogP contribution in [-0.2, 0) is 38.4 Å². The molecule has 3 aliphatic rings. The van der Waals surface area contributed by atoms with Gasteiger partial charge in [0.1, 0.15) is 11.5 Å². The molecule has 3 aliphatic heterocycles. The third-order valence-corrected chi connectivity index (χ3v) is 12.5. The SMILES string of the molecule is CC1CC(CCCC2CC(CC(O)CCCC3CC(CCCCO)OC(CNS(=O)(=O)c4ccccc4)O3)OC(c3ccccc3O)O2)OC(c2ccccc2O)O1. The Morgan fingerprint density at radius 1 is 0.638 bits per heavy atom. The highest BCUT2D eigenvalue weighted by Crippen LogP contribution is 2.39. The van der Waals surface area contributed by atoms with Crippen LogP contribution in [0.5, 0.6) is 11.5 Å². The molecule has 0 aromatic heterocycles. The summed E-state index contributed by atoms with van der Waals surface area (Å²) in [5, 5.41) is 41.6. The van der Waals surface area contributed by atoms with E-state index in [2.05, 4.69) is 4.72 Å². The smallest absolute Gasteiger partial charge is 0.240 e. The number of aliphatic hydroxyl groups is 2. The lowest BCUT2D eigenvalue weighted by molar-refractivity contribution is -0.256. The lowest BCUT2D eigenvalue weighted by Gasteiger charge is -2.38. The van der Waals surface area contributed by atoms with Crippen molar-refractivity contribution in [2.24, 2.45) is 0 Å². The molecule has 0 aliphatic carbocycles. The molecular formula is C44H61NO12S. The minimum atomic E-state index is -3.74. The molecule has 320 valence electrons. The van der Waals surface area contributed by atoms with Gasteiger partial charge in [-0.1, -0.05) is 54.6 Å². The molecule has 3 heterocycles. The molecule has 14 heteroatoms. The monoisotopic (exact) mass is 827 g/mol. The van der Waals surface area contributed by atoms with Crippen LogP contribution in [0.2, 0.25) is 0 Å². The summed E-state index contributed by atoms with van der Waals surface area (Å²) >= 11 is 0.